The highest BCUT2D eigenvalue weighted by atomic mass is 16.5. The van der Waals surface area contributed by atoms with E-state index in [0.29, 0.717) is 50.3 Å². The molecule has 2 amide bonds. The van der Waals surface area contributed by atoms with Crippen molar-refractivity contribution in [3.63, 3.8) is 0 Å². The number of benzene rings is 2. The number of nitrogens with zero attached hydrogens (tertiary/aromatic N) is 6. The van der Waals surface area contributed by atoms with Crippen LogP contribution in [0.2, 0.25) is 0 Å². The standard InChI is InChI=1S/C38H42N8O4/c1-24(2)49-33-11-8-29(21-39-33)35-31-20-30(9-10-32(31)41-42-35)46-19-15-38(37(46)48)14-18-44(23-38)22-34(47)45-16-12-27(13-17-45)26-4-6-28(7-5-26)36-40-25(3)43-50-36/h4-12,20-21,24,35,41-42H,13-19,22-23H2,1-3H3/t35?,38-/m0/s1. The third-order valence-electron chi connectivity index (χ3n) is 10.4. The van der Waals surface area contributed by atoms with Crippen LogP contribution in [0.15, 0.2) is 71.4 Å². The first-order valence-corrected chi connectivity index (χ1v) is 17.4. The molecular formula is C38H42N8O4. The molecule has 0 radical (unpaired) electrons. The summed E-state index contributed by atoms with van der Waals surface area (Å²) in [5.74, 6) is 2.00. The van der Waals surface area contributed by atoms with Gasteiger partial charge in [-0.15, -0.1) is 0 Å². The van der Waals surface area contributed by atoms with Crippen LogP contribution in [0.25, 0.3) is 17.0 Å². The Bertz CT molecular complexity index is 1940. The maximum absolute atomic E-state index is 14.0. The highest BCUT2D eigenvalue weighted by molar-refractivity contribution is 6.00. The number of carbonyl (C=O) groups excluding carboxylic acids is 2. The molecular weight excluding hydrogens is 632 g/mol. The normalized spacial score (nSPS) is 22.0. The number of pyridine rings is 1. The summed E-state index contributed by atoms with van der Waals surface area (Å²) < 4.78 is 11.0. The molecule has 4 aliphatic rings. The second-order valence-electron chi connectivity index (χ2n) is 14.1. The number of anilines is 2. The van der Waals surface area contributed by atoms with Crippen LogP contribution in [0.4, 0.5) is 11.4 Å². The third kappa shape index (κ3) is 6.13. The number of carbonyl (C=O) groups is 2. The predicted octanol–water partition coefficient (Wildman–Crippen LogP) is 4.99. The van der Waals surface area contributed by atoms with Crippen LogP contribution in [-0.4, -0.2) is 82.1 Å². The minimum atomic E-state index is -0.452. The molecule has 50 heavy (non-hydrogen) atoms. The lowest BCUT2D eigenvalue weighted by Gasteiger charge is -2.29. The van der Waals surface area contributed by atoms with E-state index in [9.17, 15) is 9.59 Å². The Morgan fingerprint density at radius 1 is 1.06 bits per heavy atom. The molecule has 2 aromatic heterocycles. The number of hydrazine groups is 1. The van der Waals surface area contributed by atoms with Crippen LogP contribution in [0.1, 0.15) is 61.7 Å². The monoisotopic (exact) mass is 674 g/mol. The molecule has 12 heteroatoms. The first-order chi connectivity index (χ1) is 24.2. The summed E-state index contributed by atoms with van der Waals surface area (Å²) in [5, 5.41) is 3.87. The third-order valence-corrected chi connectivity index (χ3v) is 10.4. The number of fused-ring (bicyclic) bond motifs is 1. The van der Waals surface area contributed by atoms with Gasteiger partial charge in [0.2, 0.25) is 17.7 Å². The number of aromatic nitrogens is 3. The van der Waals surface area contributed by atoms with Gasteiger partial charge in [-0.2, -0.15) is 4.98 Å². The van der Waals surface area contributed by atoms with Crippen molar-refractivity contribution < 1.29 is 18.8 Å². The van der Waals surface area contributed by atoms with Crippen LogP contribution >= 0.6 is 0 Å². The van der Waals surface area contributed by atoms with Crippen LogP contribution in [-0.2, 0) is 9.59 Å². The van der Waals surface area contributed by atoms with Crippen LogP contribution < -0.4 is 20.5 Å². The lowest BCUT2D eigenvalue weighted by Crippen LogP contribution is -2.43. The quantitative estimate of drug-likeness (QED) is 0.264. The number of ether oxygens (including phenoxy) is 1. The molecule has 1 unspecified atom stereocenters. The largest absolute Gasteiger partial charge is 0.475 e. The molecule has 2 fully saturated rings. The van der Waals surface area contributed by atoms with E-state index in [1.165, 1.54) is 5.57 Å². The van der Waals surface area contributed by atoms with Crippen molar-refractivity contribution in [1.29, 1.82) is 0 Å². The van der Waals surface area contributed by atoms with Gasteiger partial charge in [-0.25, -0.2) is 10.4 Å². The number of aryl methyl sites for hydroxylation is 1. The lowest BCUT2D eigenvalue weighted by atomic mass is 9.85. The number of amides is 2. The van der Waals surface area contributed by atoms with Gasteiger partial charge in [0.25, 0.3) is 5.89 Å². The molecule has 6 heterocycles. The summed E-state index contributed by atoms with van der Waals surface area (Å²) >= 11 is 0. The minimum Gasteiger partial charge on any atom is -0.475 e. The van der Waals surface area contributed by atoms with Gasteiger partial charge >= 0.3 is 0 Å². The van der Waals surface area contributed by atoms with Gasteiger partial charge in [0, 0.05) is 55.3 Å². The van der Waals surface area contributed by atoms with E-state index in [1.807, 2.05) is 66.2 Å². The highest BCUT2D eigenvalue weighted by Crippen LogP contribution is 2.44. The summed E-state index contributed by atoms with van der Waals surface area (Å²) in [7, 11) is 0. The zero-order valence-corrected chi connectivity index (χ0v) is 28.7. The second-order valence-corrected chi connectivity index (χ2v) is 14.1. The zero-order valence-electron chi connectivity index (χ0n) is 28.7. The van der Waals surface area contributed by atoms with Crippen molar-refractivity contribution in [3.05, 3.63) is 89.4 Å². The van der Waals surface area contributed by atoms with Gasteiger partial charge in [-0.1, -0.05) is 29.4 Å². The number of hydrogen-bond donors (Lipinski definition) is 2. The number of nitrogens with one attached hydrogen (secondary N) is 2. The summed E-state index contributed by atoms with van der Waals surface area (Å²) in [6, 6.07) is 18.1. The molecule has 258 valence electrons. The summed E-state index contributed by atoms with van der Waals surface area (Å²) in [6.45, 7) is 9.39. The van der Waals surface area contributed by atoms with E-state index in [1.54, 1.807) is 6.92 Å². The number of likely N-dealkylation sites (tertiary alicyclic amines) is 1. The molecule has 4 aliphatic heterocycles. The molecule has 1 spiro atoms. The Labute approximate surface area is 291 Å². The molecule has 2 N–H and O–H groups in total. The van der Waals surface area contributed by atoms with Crippen molar-refractivity contribution in [2.24, 2.45) is 5.41 Å². The number of rotatable bonds is 8. The Balaban J connectivity index is 0.874. The van der Waals surface area contributed by atoms with Gasteiger partial charge in [0.1, 0.15) is 0 Å². The van der Waals surface area contributed by atoms with Crippen molar-refractivity contribution in [2.75, 3.05) is 49.6 Å². The van der Waals surface area contributed by atoms with Gasteiger partial charge < -0.3 is 24.5 Å². The maximum atomic E-state index is 14.0. The Kier molecular flexibility index (Phi) is 8.36. The second kappa shape index (κ2) is 13.0. The molecule has 2 saturated heterocycles. The Morgan fingerprint density at radius 3 is 2.60 bits per heavy atom. The molecule has 2 aromatic carbocycles. The van der Waals surface area contributed by atoms with Crippen molar-refractivity contribution in [3.8, 4) is 17.3 Å². The fourth-order valence-corrected chi connectivity index (χ4v) is 7.66. The van der Waals surface area contributed by atoms with E-state index >= 15 is 0 Å². The smallest absolute Gasteiger partial charge is 0.257 e. The van der Waals surface area contributed by atoms with Crippen molar-refractivity contribution in [2.45, 2.75) is 52.2 Å². The highest BCUT2D eigenvalue weighted by Gasteiger charge is 2.51. The summed E-state index contributed by atoms with van der Waals surface area (Å²) in [5.41, 5.74) is 13.4. The molecule has 0 saturated carbocycles. The zero-order chi connectivity index (χ0) is 34.4. The summed E-state index contributed by atoms with van der Waals surface area (Å²) in [4.78, 5) is 42.3. The Hall–Kier alpha value is -5.07. The predicted molar refractivity (Wildman–Crippen MR) is 189 cm³/mol. The fraction of sp³-hybridized carbons (Fsp3) is 0.395. The van der Waals surface area contributed by atoms with Gasteiger partial charge in [0.05, 0.1) is 29.8 Å². The lowest BCUT2D eigenvalue weighted by molar-refractivity contribution is -0.132. The van der Waals surface area contributed by atoms with E-state index in [-0.39, 0.29) is 24.0 Å². The first kappa shape index (κ1) is 32.2. The SMILES string of the molecule is Cc1noc(-c2ccc(C3=CCN(C(=O)CN4CC[C@]5(CCN(c6ccc7c(c6)C(c6ccc(OC(C)C)nc6)NN7)C5=O)C4)CC3)cc2)n1. The minimum absolute atomic E-state index is 0.0585. The van der Waals surface area contributed by atoms with Gasteiger partial charge in [0.15, 0.2) is 5.82 Å². The van der Waals surface area contributed by atoms with Crippen LogP contribution in [0.3, 0.4) is 0 Å². The molecule has 2 atom stereocenters. The van der Waals surface area contributed by atoms with E-state index in [4.69, 9.17) is 9.26 Å². The average molecular weight is 675 g/mol. The average Bonchev–Trinajstić information content (AvgIpc) is 3.92. The molecule has 4 aromatic rings. The molecule has 0 aliphatic carbocycles. The molecule has 0 bridgehead atoms. The Morgan fingerprint density at radius 2 is 1.88 bits per heavy atom. The number of hydrogen-bond acceptors (Lipinski definition) is 10. The van der Waals surface area contributed by atoms with Crippen molar-refractivity contribution in [1.82, 2.24) is 30.4 Å². The van der Waals surface area contributed by atoms with Gasteiger partial charge in [-0.3, -0.25) is 14.5 Å². The van der Waals surface area contributed by atoms with Crippen molar-refractivity contribution >= 4 is 28.8 Å². The van der Waals surface area contributed by atoms with E-state index in [0.717, 1.165) is 59.4 Å². The topological polar surface area (TPSA) is 129 Å². The van der Waals surface area contributed by atoms with Crippen LogP contribution in [0, 0.1) is 12.3 Å². The van der Waals surface area contributed by atoms with E-state index < -0.39 is 5.41 Å². The fourth-order valence-electron chi connectivity index (χ4n) is 7.66. The first-order valence-electron chi connectivity index (χ1n) is 17.4. The summed E-state index contributed by atoms with van der Waals surface area (Å²) in [6.07, 6.45) is 6.39. The maximum Gasteiger partial charge on any atom is 0.257 e. The van der Waals surface area contributed by atoms with E-state index in [2.05, 4.69) is 55.2 Å². The molecule has 8 rings (SSSR count). The van der Waals surface area contributed by atoms with Gasteiger partial charge in [-0.05, 0) is 93.6 Å². The van der Waals surface area contributed by atoms with Crippen LogP contribution in [0.5, 0.6) is 5.88 Å². The molecule has 12 nitrogen and oxygen atoms in total.